The molecule has 1 atom stereocenters. The van der Waals surface area contributed by atoms with Gasteiger partial charge in [0.15, 0.2) is 0 Å². The van der Waals surface area contributed by atoms with E-state index in [1.807, 2.05) is 49.9 Å². The Labute approximate surface area is 138 Å². The van der Waals surface area contributed by atoms with Crippen LogP contribution in [0.3, 0.4) is 0 Å². The Balaban J connectivity index is 1.95. The minimum atomic E-state index is -0.0676. The average Bonchev–Trinajstić information content (AvgIpc) is 2.79. The van der Waals surface area contributed by atoms with Crippen LogP contribution in [0.2, 0.25) is 0 Å². The summed E-state index contributed by atoms with van der Waals surface area (Å²) >= 11 is 0. The van der Waals surface area contributed by atoms with E-state index in [0.29, 0.717) is 12.5 Å². The zero-order valence-corrected chi connectivity index (χ0v) is 14.3. The van der Waals surface area contributed by atoms with Crippen LogP contribution in [0.1, 0.15) is 41.8 Å². The Morgan fingerprint density at radius 1 is 1.30 bits per heavy atom. The zero-order valence-electron chi connectivity index (χ0n) is 14.3. The van der Waals surface area contributed by atoms with Gasteiger partial charge in [-0.15, -0.1) is 0 Å². The standard InChI is InChI=1S/C19H25N3O/c1-5-16(17-9-7-6-8-10-17)13-20-19(23)12-11-18-14(2)21-22(4)15(18)3/h6-12,16H,5,13H2,1-4H3,(H,20,23)/b12-11+/t16-/m1/s1. The molecule has 4 nitrogen and oxygen atoms in total. The number of rotatable bonds is 6. The number of aryl methyl sites for hydroxylation is 2. The van der Waals surface area contributed by atoms with Crippen molar-refractivity contribution in [1.82, 2.24) is 15.1 Å². The quantitative estimate of drug-likeness (QED) is 0.832. The van der Waals surface area contributed by atoms with Gasteiger partial charge in [-0.25, -0.2) is 0 Å². The third-order valence-electron chi connectivity index (χ3n) is 4.25. The molecule has 23 heavy (non-hydrogen) atoms. The Hall–Kier alpha value is -2.36. The zero-order chi connectivity index (χ0) is 16.8. The highest BCUT2D eigenvalue weighted by atomic mass is 16.1. The molecule has 1 aromatic heterocycles. The number of nitrogens with one attached hydrogen (secondary N) is 1. The first kappa shape index (κ1) is 17.0. The van der Waals surface area contributed by atoms with Gasteiger partial charge in [0.1, 0.15) is 0 Å². The SMILES string of the molecule is CC[C@H](CNC(=O)/C=C/c1c(C)nn(C)c1C)c1ccccc1. The summed E-state index contributed by atoms with van der Waals surface area (Å²) in [5, 5.41) is 7.34. The Morgan fingerprint density at radius 2 is 2.00 bits per heavy atom. The smallest absolute Gasteiger partial charge is 0.244 e. The number of aromatic nitrogens is 2. The van der Waals surface area contributed by atoms with E-state index in [2.05, 4.69) is 29.5 Å². The number of carbonyl (C=O) groups is 1. The van der Waals surface area contributed by atoms with Crippen LogP contribution in [0.25, 0.3) is 6.08 Å². The second kappa shape index (κ2) is 7.77. The minimum Gasteiger partial charge on any atom is -0.352 e. The van der Waals surface area contributed by atoms with E-state index >= 15 is 0 Å². The molecule has 0 fully saturated rings. The maximum atomic E-state index is 12.1. The average molecular weight is 311 g/mol. The van der Waals surface area contributed by atoms with E-state index in [0.717, 1.165) is 23.4 Å². The van der Waals surface area contributed by atoms with Crippen molar-refractivity contribution in [3.8, 4) is 0 Å². The molecule has 1 amide bonds. The van der Waals surface area contributed by atoms with Crippen LogP contribution >= 0.6 is 0 Å². The number of benzene rings is 1. The summed E-state index contributed by atoms with van der Waals surface area (Å²) in [5.74, 6) is 0.275. The van der Waals surface area contributed by atoms with E-state index in [1.54, 1.807) is 6.08 Å². The highest BCUT2D eigenvalue weighted by Crippen LogP contribution is 2.18. The first-order valence-corrected chi connectivity index (χ1v) is 8.04. The maximum absolute atomic E-state index is 12.1. The predicted molar refractivity (Wildman–Crippen MR) is 94.2 cm³/mol. The van der Waals surface area contributed by atoms with Gasteiger partial charge in [0.05, 0.1) is 5.69 Å². The molecule has 122 valence electrons. The maximum Gasteiger partial charge on any atom is 0.244 e. The molecule has 0 saturated carbocycles. The second-order valence-corrected chi connectivity index (χ2v) is 5.80. The van der Waals surface area contributed by atoms with Gasteiger partial charge in [0.2, 0.25) is 5.91 Å². The summed E-state index contributed by atoms with van der Waals surface area (Å²) in [6.45, 7) is 6.74. The van der Waals surface area contributed by atoms with Crippen LogP contribution in [0.4, 0.5) is 0 Å². The highest BCUT2D eigenvalue weighted by molar-refractivity contribution is 5.92. The number of carbonyl (C=O) groups excluding carboxylic acids is 1. The predicted octanol–water partition coefficient (Wildman–Crippen LogP) is 3.36. The van der Waals surface area contributed by atoms with Crippen LogP contribution in [-0.2, 0) is 11.8 Å². The normalized spacial score (nSPS) is 12.5. The largest absolute Gasteiger partial charge is 0.352 e. The third kappa shape index (κ3) is 4.31. The van der Waals surface area contributed by atoms with E-state index in [-0.39, 0.29) is 5.91 Å². The molecule has 0 unspecified atom stereocenters. The van der Waals surface area contributed by atoms with Crippen LogP contribution in [0, 0.1) is 13.8 Å². The van der Waals surface area contributed by atoms with Crippen LogP contribution in [0.15, 0.2) is 36.4 Å². The van der Waals surface area contributed by atoms with Crippen molar-refractivity contribution in [2.45, 2.75) is 33.1 Å². The van der Waals surface area contributed by atoms with Crippen molar-refractivity contribution in [1.29, 1.82) is 0 Å². The van der Waals surface area contributed by atoms with Gasteiger partial charge in [-0.1, -0.05) is 37.3 Å². The van der Waals surface area contributed by atoms with Crippen LogP contribution in [-0.4, -0.2) is 22.2 Å². The molecule has 0 saturated heterocycles. The van der Waals surface area contributed by atoms with Gasteiger partial charge in [0.25, 0.3) is 0 Å². The molecule has 4 heteroatoms. The molecule has 1 heterocycles. The topological polar surface area (TPSA) is 46.9 Å². The molecule has 0 aliphatic heterocycles. The Kier molecular flexibility index (Phi) is 5.74. The van der Waals surface area contributed by atoms with Gasteiger partial charge in [-0.2, -0.15) is 5.10 Å². The van der Waals surface area contributed by atoms with Gasteiger partial charge >= 0.3 is 0 Å². The monoisotopic (exact) mass is 311 g/mol. The van der Waals surface area contributed by atoms with Gasteiger partial charge in [-0.3, -0.25) is 9.48 Å². The van der Waals surface area contributed by atoms with Gasteiger partial charge < -0.3 is 5.32 Å². The summed E-state index contributed by atoms with van der Waals surface area (Å²) in [6.07, 6.45) is 4.43. The second-order valence-electron chi connectivity index (χ2n) is 5.80. The summed E-state index contributed by atoms with van der Waals surface area (Å²) < 4.78 is 1.83. The summed E-state index contributed by atoms with van der Waals surface area (Å²) in [5.41, 5.74) is 4.27. The lowest BCUT2D eigenvalue weighted by Gasteiger charge is -2.15. The minimum absolute atomic E-state index is 0.0676. The highest BCUT2D eigenvalue weighted by Gasteiger charge is 2.10. The molecular weight excluding hydrogens is 286 g/mol. The fourth-order valence-electron chi connectivity index (χ4n) is 2.70. The molecule has 0 bridgehead atoms. The molecule has 1 aromatic carbocycles. The van der Waals surface area contributed by atoms with Crippen molar-refractivity contribution in [3.05, 3.63) is 58.9 Å². The van der Waals surface area contributed by atoms with E-state index in [1.165, 1.54) is 5.56 Å². The lowest BCUT2D eigenvalue weighted by atomic mass is 9.96. The Bertz CT molecular complexity index is 686. The molecule has 0 spiro atoms. The number of hydrogen-bond donors (Lipinski definition) is 1. The van der Waals surface area contributed by atoms with E-state index < -0.39 is 0 Å². The first-order valence-electron chi connectivity index (χ1n) is 8.04. The van der Waals surface area contributed by atoms with Crippen LogP contribution in [0.5, 0.6) is 0 Å². The fraction of sp³-hybridized carbons (Fsp3) is 0.368. The van der Waals surface area contributed by atoms with Gasteiger partial charge in [-0.05, 0) is 31.9 Å². The molecular formula is C19H25N3O. The molecule has 0 aliphatic carbocycles. The fourth-order valence-corrected chi connectivity index (χ4v) is 2.70. The van der Waals surface area contributed by atoms with Crippen molar-refractivity contribution in [2.75, 3.05) is 6.54 Å². The Morgan fingerprint density at radius 3 is 2.57 bits per heavy atom. The lowest BCUT2D eigenvalue weighted by molar-refractivity contribution is -0.116. The summed E-state index contributed by atoms with van der Waals surface area (Å²) in [7, 11) is 1.91. The summed E-state index contributed by atoms with van der Waals surface area (Å²) in [6, 6.07) is 10.3. The van der Waals surface area contributed by atoms with Crippen LogP contribution < -0.4 is 5.32 Å². The van der Waals surface area contributed by atoms with Crippen molar-refractivity contribution in [3.63, 3.8) is 0 Å². The first-order chi connectivity index (χ1) is 11.0. The van der Waals surface area contributed by atoms with Crippen molar-refractivity contribution < 1.29 is 4.79 Å². The van der Waals surface area contributed by atoms with Crippen molar-refractivity contribution >= 4 is 12.0 Å². The van der Waals surface area contributed by atoms with Crippen molar-refractivity contribution in [2.24, 2.45) is 7.05 Å². The molecule has 0 radical (unpaired) electrons. The number of nitrogens with zero attached hydrogens (tertiary/aromatic N) is 2. The number of hydrogen-bond acceptors (Lipinski definition) is 2. The summed E-state index contributed by atoms with van der Waals surface area (Å²) in [4.78, 5) is 12.1. The molecule has 2 rings (SSSR count). The third-order valence-corrected chi connectivity index (χ3v) is 4.25. The molecule has 2 aromatic rings. The number of amides is 1. The molecule has 1 N–H and O–H groups in total. The molecule has 0 aliphatic rings. The van der Waals surface area contributed by atoms with Gasteiger partial charge in [0, 0.05) is 36.8 Å². The van der Waals surface area contributed by atoms with E-state index in [4.69, 9.17) is 0 Å². The van der Waals surface area contributed by atoms with E-state index in [9.17, 15) is 4.79 Å². The lowest BCUT2D eigenvalue weighted by Crippen LogP contribution is -2.26.